The quantitative estimate of drug-likeness (QED) is 0.0207. The molecule has 0 aromatic carbocycles. The van der Waals surface area contributed by atoms with Crippen LogP contribution in [0.3, 0.4) is 0 Å². The van der Waals surface area contributed by atoms with Gasteiger partial charge in [-0.2, -0.15) is 0 Å². The molecule has 0 aliphatic carbocycles. The van der Waals surface area contributed by atoms with Crippen molar-refractivity contribution in [2.75, 3.05) is 54.1 Å². The van der Waals surface area contributed by atoms with E-state index in [-0.39, 0.29) is 32.2 Å². The summed E-state index contributed by atoms with van der Waals surface area (Å²) < 4.78 is 34.4. The predicted molar refractivity (Wildman–Crippen MR) is 217 cm³/mol. The molecule has 0 amide bonds. The van der Waals surface area contributed by atoms with E-state index >= 15 is 0 Å². The highest BCUT2D eigenvalue weighted by Crippen LogP contribution is 2.38. The van der Waals surface area contributed by atoms with Gasteiger partial charge in [0.15, 0.2) is 0 Å². The van der Waals surface area contributed by atoms with Gasteiger partial charge in [-0.15, -0.1) is 0 Å². The number of nitrogens with zero attached hydrogens (tertiary/aromatic N) is 1. The number of phosphoric ester groups is 1. The molecule has 0 aromatic rings. The molecule has 52 heavy (non-hydrogen) atoms. The van der Waals surface area contributed by atoms with Crippen LogP contribution in [0.15, 0.2) is 72.9 Å². The summed E-state index contributed by atoms with van der Waals surface area (Å²) in [5, 5.41) is 0. The Bertz CT molecular complexity index is 1060. The van der Waals surface area contributed by atoms with Crippen LogP contribution in [0.1, 0.15) is 136 Å². The maximum Gasteiger partial charge on any atom is 0.306 e. The largest absolute Gasteiger partial charge is 0.756 e. The van der Waals surface area contributed by atoms with Crippen LogP contribution in [0.4, 0.5) is 0 Å². The van der Waals surface area contributed by atoms with Gasteiger partial charge in [0.05, 0.1) is 34.4 Å². The molecule has 0 spiro atoms. The van der Waals surface area contributed by atoms with E-state index in [1.165, 1.54) is 44.9 Å². The summed E-state index contributed by atoms with van der Waals surface area (Å²) in [5.41, 5.74) is 0. The lowest BCUT2D eigenvalue weighted by molar-refractivity contribution is -0.870. The van der Waals surface area contributed by atoms with Crippen LogP contribution in [0, 0.1) is 0 Å². The second kappa shape index (κ2) is 35.9. The van der Waals surface area contributed by atoms with Gasteiger partial charge in [0, 0.05) is 13.0 Å². The first-order chi connectivity index (χ1) is 25.1. The van der Waals surface area contributed by atoms with E-state index in [1.807, 2.05) is 21.1 Å². The Labute approximate surface area is 319 Å². The first-order valence-corrected chi connectivity index (χ1v) is 21.6. The number of rotatable bonds is 36. The smallest absolute Gasteiger partial charge is 0.306 e. The fourth-order valence-corrected chi connectivity index (χ4v) is 5.63. The second-order valence-electron chi connectivity index (χ2n) is 14.3. The van der Waals surface area contributed by atoms with Crippen LogP contribution < -0.4 is 4.89 Å². The van der Waals surface area contributed by atoms with Crippen molar-refractivity contribution in [2.45, 2.75) is 142 Å². The molecule has 0 rings (SSSR count). The maximum atomic E-state index is 12.6. The number of ether oxygens (including phenoxy) is 2. The first-order valence-electron chi connectivity index (χ1n) is 20.2. The van der Waals surface area contributed by atoms with Crippen molar-refractivity contribution in [3.05, 3.63) is 72.9 Å². The fourth-order valence-electron chi connectivity index (χ4n) is 4.90. The van der Waals surface area contributed by atoms with E-state index in [4.69, 9.17) is 18.5 Å². The molecular weight excluding hydrogens is 673 g/mol. The maximum absolute atomic E-state index is 12.6. The molecule has 9 heteroatoms. The first kappa shape index (κ1) is 49.9. The van der Waals surface area contributed by atoms with Gasteiger partial charge >= 0.3 is 5.97 Å². The topological polar surface area (TPSA) is 94.1 Å². The molecule has 0 saturated heterocycles. The van der Waals surface area contributed by atoms with Gasteiger partial charge in [-0.05, 0) is 64.2 Å². The molecule has 0 heterocycles. The highest BCUT2D eigenvalue weighted by atomic mass is 31.2. The number of likely N-dealkylation sites (N-methyl/N-ethyl adjacent to an activating group) is 1. The number of allylic oxidation sites excluding steroid dienone is 12. The van der Waals surface area contributed by atoms with Crippen LogP contribution >= 0.6 is 7.82 Å². The molecule has 0 aromatic heterocycles. The van der Waals surface area contributed by atoms with Gasteiger partial charge in [-0.1, -0.05) is 138 Å². The molecule has 0 N–H and O–H groups in total. The summed E-state index contributed by atoms with van der Waals surface area (Å²) in [4.78, 5) is 24.9. The lowest BCUT2D eigenvalue weighted by atomic mass is 10.1. The minimum absolute atomic E-state index is 0.0145. The van der Waals surface area contributed by atoms with Crippen molar-refractivity contribution < 1.29 is 37.3 Å². The van der Waals surface area contributed by atoms with Gasteiger partial charge in [0.25, 0.3) is 7.82 Å². The van der Waals surface area contributed by atoms with Gasteiger partial charge in [-0.25, -0.2) is 0 Å². The summed E-state index contributed by atoms with van der Waals surface area (Å²) in [7, 11) is 1.31. The highest BCUT2D eigenvalue weighted by Gasteiger charge is 2.20. The number of esters is 1. The van der Waals surface area contributed by atoms with Crippen molar-refractivity contribution in [2.24, 2.45) is 0 Å². The third-order valence-corrected chi connectivity index (χ3v) is 8.99. The zero-order valence-corrected chi connectivity index (χ0v) is 34.6. The Hall–Kier alpha value is -2.06. The fraction of sp³-hybridized carbons (Fsp3) is 0.698. The van der Waals surface area contributed by atoms with E-state index in [9.17, 15) is 14.3 Å². The normalized spacial score (nSPS) is 14.7. The number of hydrogen-bond acceptors (Lipinski definition) is 7. The van der Waals surface area contributed by atoms with Crippen LogP contribution in [-0.4, -0.2) is 70.7 Å². The predicted octanol–water partition coefficient (Wildman–Crippen LogP) is 10.9. The summed E-state index contributed by atoms with van der Waals surface area (Å²) in [6.45, 7) is 5.19. The van der Waals surface area contributed by atoms with Crippen molar-refractivity contribution in [1.29, 1.82) is 0 Å². The number of quaternary nitrogens is 1. The van der Waals surface area contributed by atoms with Gasteiger partial charge in [-0.3, -0.25) is 9.36 Å². The lowest BCUT2D eigenvalue weighted by Gasteiger charge is -2.28. The van der Waals surface area contributed by atoms with Crippen LogP contribution in [0.2, 0.25) is 0 Å². The van der Waals surface area contributed by atoms with Gasteiger partial charge < -0.3 is 27.9 Å². The number of hydrogen-bond donors (Lipinski definition) is 0. The summed E-state index contributed by atoms with van der Waals surface area (Å²) in [6, 6.07) is 0. The van der Waals surface area contributed by atoms with Crippen molar-refractivity contribution in [3.8, 4) is 0 Å². The molecule has 8 nitrogen and oxygen atoms in total. The van der Waals surface area contributed by atoms with Gasteiger partial charge in [0.2, 0.25) is 0 Å². The molecule has 0 radical (unpaired) electrons. The molecule has 0 fully saturated rings. The Morgan fingerprint density at radius 2 is 1.12 bits per heavy atom. The Balaban J connectivity index is 4.34. The molecule has 300 valence electrons. The Morgan fingerprint density at radius 1 is 0.615 bits per heavy atom. The van der Waals surface area contributed by atoms with E-state index in [0.717, 1.165) is 64.2 Å². The van der Waals surface area contributed by atoms with E-state index < -0.39 is 13.9 Å². The van der Waals surface area contributed by atoms with Crippen molar-refractivity contribution >= 4 is 13.8 Å². The van der Waals surface area contributed by atoms with Crippen molar-refractivity contribution in [1.82, 2.24) is 0 Å². The number of phosphoric acid groups is 1. The zero-order valence-electron chi connectivity index (χ0n) is 33.7. The molecule has 0 saturated carbocycles. The average Bonchev–Trinajstić information content (AvgIpc) is 3.09. The standard InChI is InChI=1S/C43H76NO7P/c1-6-8-10-12-14-16-17-18-19-20-21-22-23-24-25-26-27-28-30-32-34-36-43(45)51-42(41-50-52(46,47)49-39-37-44(3,4)5)40-48-38-35-33-31-29-15-13-11-9-7-2/h8,10,14,16,18-19,21-22,24-25,27-28,42H,6-7,9,11-13,15,17,20,23,26,29-41H2,1-5H3/b10-8-,16-14-,19-18-,22-21-,25-24-,28-27-. The highest BCUT2D eigenvalue weighted by molar-refractivity contribution is 7.45. The number of carbonyl (C=O) groups is 1. The minimum atomic E-state index is -4.53. The molecule has 2 unspecified atom stereocenters. The third-order valence-electron chi connectivity index (χ3n) is 8.02. The Kier molecular flexibility index (Phi) is 34.5. The molecular formula is C43H76NO7P. The number of carbonyl (C=O) groups excluding carboxylic acids is 1. The second-order valence-corrected chi connectivity index (χ2v) is 15.7. The van der Waals surface area contributed by atoms with Crippen LogP contribution in [0.25, 0.3) is 0 Å². The van der Waals surface area contributed by atoms with Crippen molar-refractivity contribution in [3.63, 3.8) is 0 Å². The van der Waals surface area contributed by atoms with Crippen LogP contribution in [0.5, 0.6) is 0 Å². The van der Waals surface area contributed by atoms with Crippen LogP contribution in [-0.2, 0) is 27.9 Å². The summed E-state index contributed by atoms with van der Waals surface area (Å²) in [5.74, 6) is -0.380. The zero-order chi connectivity index (χ0) is 38.4. The SMILES string of the molecule is CC/C=C\C/C=C\C/C=C\C/C=C\C/C=C\C/C=C\CCCCC(=O)OC(COCCCCCCCCCCC)COP(=O)([O-])OCC[N+](C)(C)C. The summed E-state index contributed by atoms with van der Waals surface area (Å²) in [6.07, 6.45) is 44.9. The van der Waals surface area contributed by atoms with E-state index in [1.54, 1.807) is 0 Å². The number of unbranched alkanes of at least 4 members (excludes halogenated alkanes) is 10. The molecule has 0 aliphatic heterocycles. The minimum Gasteiger partial charge on any atom is -0.756 e. The molecule has 2 atom stereocenters. The van der Waals surface area contributed by atoms with E-state index in [2.05, 4.69) is 86.8 Å². The molecule has 0 bridgehead atoms. The third kappa shape index (κ3) is 39.2. The average molecular weight is 750 g/mol. The lowest BCUT2D eigenvalue weighted by Crippen LogP contribution is -2.37. The monoisotopic (exact) mass is 750 g/mol. The Morgan fingerprint density at radius 3 is 1.63 bits per heavy atom. The summed E-state index contributed by atoms with van der Waals surface area (Å²) >= 11 is 0. The van der Waals surface area contributed by atoms with E-state index in [0.29, 0.717) is 24.1 Å². The molecule has 0 aliphatic rings. The van der Waals surface area contributed by atoms with Gasteiger partial charge in [0.1, 0.15) is 19.3 Å².